The van der Waals surface area contributed by atoms with E-state index in [1.165, 1.54) is 0 Å². The van der Waals surface area contributed by atoms with Gasteiger partial charge in [-0.2, -0.15) is 0 Å². The molecule has 0 heterocycles. The van der Waals surface area contributed by atoms with Crippen LogP contribution in [-0.4, -0.2) is 25.6 Å². The molecule has 3 nitrogen and oxygen atoms in total. The molecule has 2 N–H and O–H groups in total. The van der Waals surface area contributed by atoms with E-state index in [0.29, 0.717) is 22.7 Å². The van der Waals surface area contributed by atoms with Gasteiger partial charge in [-0.05, 0) is 17.7 Å². The molecular weight excluding hydrogens is 266 g/mol. The molecule has 0 fully saturated rings. The molecule has 0 aliphatic heterocycles. The van der Waals surface area contributed by atoms with E-state index in [9.17, 15) is 9.90 Å². The molecule has 1 aromatic carbocycles. The van der Waals surface area contributed by atoms with Crippen molar-refractivity contribution in [2.45, 2.75) is 33.2 Å². The summed E-state index contributed by atoms with van der Waals surface area (Å²) >= 11 is 6.25. The molecule has 0 radical (unpaired) electrons. The van der Waals surface area contributed by atoms with Crippen LogP contribution in [0.2, 0.25) is 24.7 Å². The zero-order chi connectivity index (χ0) is 13.9. The van der Waals surface area contributed by atoms with Gasteiger partial charge in [0.05, 0.1) is 25.3 Å². The van der Waals surface area contributed by atoms with Gasteiger partial charge in [0.2, 0.25) is 0 Å². The lowest BCUT2D eigenvalue weighted by Crippen LogP contribution is -2.43. The third kappa shape index (κ3) is 3.13. The Labute approximate surface area is 114 Å². The molecule has 1 aromatic rings. The van der Waals surface area contributed by atoms with E-state index in [2.05, 4.69) is 25.0 Å². The third-order valence-electron chi connectivity index (χ3n) is 2.76. The molecule has 18 heavy (non-hydrogen) atoms. The van der Waals surface area contributed by atoms with Crippen LogP contribution in [0.15, 0.2) is 12.1 Å². The van der Waals surface area contributed by atoms with Gasteiger partial charge in [0.25, 0.3) is 5.91 Å². The van der Waals surface area contributed by atoms with Crippen molar-refractivity contribution in [3.8, 4) is 0 Å². The number of nitrogens with one attached hydrogen (secondary N) is 1. The maximum absolute atomic E-state index is 12.1. The number of hydrogen-bond donors (Lipinski definition) is 2. The highest BCUT2D eigenvalue weighted by Crippen LogP contribution is 2.22. The number of carbonyl (C=O) groups excluding carboxylic acids is 1. The van der Waals surface area contributed by atoms with Gasteiger partial charge in [0.1, 0.15) is 0 Å². The summed E-state index contributed by atoms with van der Waals surface area (Å²) in [6.07, 6.45) is 0. The molecule has 0 aromatic heterocycles. The highest BCUT2D eigenvalue weighted by molar-refractivity contribution is 6.89. The normalized spacial score (nSPS) is 11.4. The number of halogens is 1. The van der Waals surface area contributed by atoms with Crippen molar-refractivity contribution in [2.24, 2.45) is 0 Å². The molecule has 0 unspecified atom stereocenters. The van der Waals surface area contributed by atoms with E-state index in [1.54, 1.807) is 6.07 Å². The Morgan fingerprint density at radius 3 is 2.44 bits per heavy atom. The first-order chi connectivity index (χ1) is 8.32. The Kier molecular flexibility index (Phi) is 4.96. The lowest BCUT2D eigenvalue weighted by Gasteiger charge is -2.22. The molecule has 100 valence electrons. The lowest BCUT2D eigenvalue weighted by atomic mass is 10.1. The van der Waals surface area contributed by atoms with E-state index >= 15 is 0 Å². The van der Waals surface area contributed by atoms with Crippen LogP contribution >= 0.6 is 11.6 Å². The predicted molar refractivity (Wildman–Crippen MR) is 78.4 cm³/mol. The van der Waals surface area contributed by atoms with Crippen LogP contribution in [0.3, 0.4) is 0 Å². The van der Waals surface area contributed by atoms with Crippen molar-refractivity contribution in [3.63, 3.8) is 0 Å². The molecule has 0 spiro atoms. The predicted octanol–water partition coefficient (Wildman–Crippen LogP) is 2.13. The van der Waals surface area contributed by atoms with Crippen LogP contribution in [0.5, 0.6) is 0 Å². The Hall–Kier alpha value is -0.843. The summed E-state index contributed by atoms with van der Waals surface area (Å²) < 4.78 is 0. The number of aliphatic hydroxyl groups is 1. The van der Waals surface area contributed by atoms with Crippen LogP contribution in [0.1, 0.15) is 22.8 Å². The van der Waals surface area contributed by atoms with Gasteiger partial charge >= 0.3 is 0 Å². The maximum Gasteiger partial charge on any atom is 0.252 e. The minimum atomic E-state index is -1.66. The van der Waals surface area contributed by atoms with Gasteiger partial charge < -0.3 is 10.4 Å². The fourth-order valence-corrected chi connectivity index (χ4v) is 3.80. The highest BCUT2D eigenvalue weighted by atomic mass is 35.5. The topological polar surface area (TPSA) is 49.3 Å². The van der Waals surface area contributed by atoms with Gasteiger partial charge in [-0.25, -0.2) is 0 Å². The van der Waals surface area contributed by atoms with Gasteiger partial charge in [0.15, 0.2) is 0 Å². The first kappa shape index (κ1) is 15.2. The Morgan fingerprint density at radius 2 is 2.00 bits per heavy atom. The molecule has 0 saturated heterocycles. The van der Waals surface area contributed by atoms with Crippen molar-refractivity contribution in [3.05, 3.63) is 28.3 Å². The molecule has 0 bridgehead atoms. The van der Waals surface area contributed by atoms with E-state index in [0.717, 1.165) is 5.19 Å². The van der Waals surface area contributed by atoms with Gasteiger partial charge in [0, 0.05) is 6.54 Å². The van der Waals surface area contributed by atoms with E-state index in [1.807, 2.05) is 13.0 Å². The summed E-state index contributed by atoms with van der Waals surface area (Å²) in [5.41, 5.74) is 1.13. The van der Waals surface area contributed by atoms with Crippen LogP contribution in [0.25, 0.3) is 0 Å². The summed E-state index contributed by atoms with van der Waals surface area (Å²) in [7, 11) is -1.66. The average molecular weight is 286 g/mol. The van der Waals surface area contributed by atoms with Gasteiger partial charge in [-0.1, -0.05) is 43.4 Å². The lowest BCUT2D eigenvalue weighted by molar-refractivity contribution is 0.0957. The second-order valence-corrected chi connectivity index (χ2v) is 10.6. The Morgan fingerprint density at radius 1 is 1.39 bits per heavy atom. The number of aliphatic hydroxyl groups excluding tert-OH is 1. The monoisotopic (exact) mass is 285 g/mol. The molecule has 0 atom stereocenters. The molecule has 1 amide bonds. The van der Waals surface area contributed by atoms with Crippen molar-refractivity contribution in [2.75, 3.05) is 6.54 Å². The molecular formula is C13H20ClNO2Si. The minimum absolute atomic E-state index is 0.156. The van der Waals surface area contributed by atoms with Crippen molar-refractivity contribution >= 4 is 30.8 Å². The number of amides is 1. The zero-order valence-electron chi connectivity index (χ0n) is 11.3. The average Bonchev–Trinajstić information content (AvgIpc) is 2.27. The fourth-order valence-electron chi connectivity index (χ4n) is 1.84. The molecule has 0 saturated carbocycles. The summed E-state index contributed by atoms with van der Waals surface area (Å²) in [5.74, 6) is -0.157. The first-order valence-corrected chi connectivity index (χ1v) is 9.91. The smallest absolute Gasteiger partial charge is 0.252 e. The molecule has 5 heteroatoms. The Bertz CT molecular complexity index is 455. The second-order valence-electron chi connectivity index (χ2n) is 5.23. The van der Waals surface area contributed by atoms with Gasteiger partial charge in [-0.3, -0.25) is 4.79 Å². The zero-order valence-corrected chi connectivity index (χ0v) is 13.1. The molecule has 1 rings (SSSR count). The SMILES string of the molecule is CCNC(=O)c1c([Si](C)(C)C)ccc(CO)c1Cl. The fraction of sp³-hybridized carbons (Fsp3) is 0.462. The number of rotatable bonds is 4. The van der Waals surface area contributed by atoms with Crippen LogP contribution in [-0.2, 0) is 6.61 Å². The number of hydrogen-bond acceptors (Lipinski definition) is 2. The standard InChI is InChI=1S/C13H20ClNO2Si/c1-5-15-13(17)11-10(18(2,3)4)7-6-9(8-16)12(11)14/h6-7,16H,5,8H2,1-4H3,(H,15,17). The van der Waals surface area contributed by atoms with Gasteiger partial charge in [-0.15, -0.1) is 0 Å². The highest BCUT2D eigenvalue weighted by Gasteiger charge is 2.26. The maximum atomic E-state index is 12.1. The van der Waals surface area contributed by atoms with Crippen LogP contribution < -0.4 is 10.5 Å². The Balaban J connectivity index is 3.45. The van der Waals surface area contributed by atoms with Crippen molar-refractivity contribution in [1.82, 2.24) is 5.32 Å². The summed E-state index contributed by atoms with van der Waals surface area (Å²) in [4.78, 5) is 12.1. The van der Waals surface area contributed by atoms with Crippen molar-refractivity contribution in [1.29, 1.82) is 0 Å². The largest absolute Gasteiger partial charge is 0.392 e. The van der Waals surface area contributed by atoms with Crippen LogP contribution in [0.4, 0.5) is 0 Å². The van der Waals surface area contributed by atoms with Crippen molar-refractivity contribution < 1.29 is 9.90 Å². The molecule has 0 aliphatic carbocycles. The summed E-state index contributed by atoms with van der Waals surface area (Å²) in [6, 6.07) is 3.73. The minimum Gasteiger partial charge on any atom is -0.392 e. The summed E-state index contributed by atoms with van der Waals surface area (Å²) in [5, 5.41) is 13.4. The summed E-state index contributed by atoms with van der Waals surface area (Å²) in [6.45, 7) is 8.77. The first-order valence-electron chi connectivity index (χ1n) is 6.03. The van der Waals surface area contributed by atoms with Crippen LogP contribution in [0, 0.1) is 0 Å². The van der Waals surface area contributed by atoms with E-state index in [4.69, 9.17) is 11.6 Å². The van der Waals surface area contributed by atoms with E-state index in [-0.39, 0.29) is 12.5 Å². The quantitative estimate of drug-likeness (QED) is 0.833. The number of benzene rings is 1. The molecule has 0 aliphatic rings. The van der Waals surface area contributed by atoms with E-state index < -0.39 is 8.07 Å². The third-order valence-corrected chi connectivity index (χ3v) is 5.23. The number of carbonyl (C=O) groups is 1. The second kappa shape index (κ2) is 5.86.